The van der Waals surface area contributed by atoms with E-state index in [-0.39, 0.29) is 0 Å². The molecule has 0 atom stereocenters. The molecule has 0 nitrogen and oxygen atoms in total. The summed E-state index contributed by atoms with van der Waals surface area (Å²) in [7, 11) is 0. The molecular weight excluding hydrogens is 207 g/mol. The topological polar surface area (TPSA) is 0 Å². The summed E-state index contributed by atoms with van der Waals surface area (Å²) in [5.41, 5.74) is 0.998. The Balaban J connectivity index is 3.17. The van der Waals surface area contributed by atoms with Crippen molar-refractivity contribution in [3.05, 3.63) is 14.9 Å². The summed E-state index contributed by atoms with van der Waals surface area (Å²) in [5.74, 6) is 0. The van der Waals surface area contributed by atoms with Gasteiger partial charge in [-0.15, -0.1) is 23.1 Å². The maximum absolute atomic E-state index is 5.92. The minimum absolute atomic E-state index is 0.800. The first-order valence-corrected chi connectivity index (χ1v) is 5.45. The van der Waals surface area contributed by atoms with Crippen LogP contribution in [0.15, 0.2) is 4.21 Å². The van der Waals surface area contributed by atoms with Gasteiger partial charge in [-0.1, -0.05) is 23.2 Å². The zero-order valence-electron chi connectivity index (χ0n) is 5.57. The number of hydrogen-bond donors (Lipinski definition) is 0. The molecule has 0 unspecified atom stereocenters. The third-order valence-corrected chi connectivity index (χ3v) is 4.58. The highest BCUT2D eigenvalue weighted by atomic mass is 35.5. The number of hydrogen-bond acceptors (Lipinski definition) is 2. The fraction of sp³-hybridized carbons (Fsp3) is 0.333. The number of halogens is 2. The van der Waals surface area contributed by atoms with Crippen LogP contribution in [0.25, 0.3) is 0 Å². The van der Waals surface area contributed by atoms with Crippen molar-refractivity contribution in [1.82, 2.24) is 0 Å². The van der Waals surface area contributed by atoms with Gasteiger partial charge < -0.3 is 0 Å². The van der Waals surface area contributed by atoms with Gasteiger partial charge in [0.05, 0.1) is 13.6 Å². The Labute approximate surface area is 78.5 Å². The van der Waals surface area contributed by atoms with Gasteiger partial charge >= 0.3 is 0 Å². The molecule has 0 spiro atoms. The Morgan fingerprint density at radius 3 is 2.20 bits per heavy atom. The van der Waals surface area contributed by atoms with Crippen LogP contribution in [0.1, 0.15) is 5.56 Å². The molecule has 1 heterocycles. The Bertz CT molecular complexity index is 242. The lowest BCUT2D eigenvalue weighted by Crippen LogP contribution is -1.64. The molecule has 0 N–H and O–H groups in total. The van der Waals surface area contributed by atoms with Gasteiger partial charge in [0, 0.05) is 0 Å². The number of thioether (sulfide) groups is 1. The minimum atomic E-state index is 0.800. The van der Waals surface area contributed by atoms with E-state index in [1.54, 1.807) is 11.8 Å². The Morgan fingerprint density at radius 2 is 2.00 bits per heavy atom. The summed E-state index contributed by atoms with van der Waals surface area (Å²) in [6.07, 6.45) is 1.99. The van der Waals surface area contributed by atoms with Crippen LogP contribution in [0.4, 0.5) is 0 Å². The number of rotatable bonds is 1. The van der Waals surface area contributed by atoms with E-state index in [1.165, 1.54) is 11.3 Å². The second kappa shape index (κ2) is 3.35. The van der Waals surface area contributed by atoms with E-state index in [2.05, 4.69) is 0 Å². The van der Waals surface area contributed by atoms with Crippen molar-refractivity contribution in [2.45, 2.75) is 11.1 Å². The van der Waals surface area contributed by atoms with Crippen LogP contribution in [0, 0.1) is 6.92 Å². The van der Waals surface area contributed by atoms with Crippen LogP contribution in [0.2, 0.25) is 9.36 Å². The normalized spacial score (nSPS) is 10.4. The Morgan fingerprint density at radius 1 is 1.40 bits per heavy atom. The van der Waals surface area contributed by atoms with Crippen molar-refractivity contribution in [3.63, 3.8) is 0 Å². The zero-order chi connectivity index (χ0) is 7.72. The van der Waals surface area contributed by atoms with Crippen LogP contribution in [0.3, 0.4) is 0 Å². The van der Waals surface area contributed by atoms with Crippen LogP contribution < -0.4 is 0 Å². The molecule has 4 heteroatoms. The summed E-state index contributed by atoms with van der Waals surface area (Å²) in [4.78, 5) is 0. The van der Waals surface area contributed by atoms with Gasteiger partial charge in [-0.25, -0.2) is 0 Å². The van der Waals surface area contributed by atoms with Crippen molar-refractivity contribution < 1.29 is 0 Å². The molecule has 0 radical (unpaired) electrons. The molecule has 10 heavy (non-hydrogen) atoms. The van der Waals surface area contributed by atoms with Crippen LogP contribution >= 0.6 is 46.3 Å². The third-order valence-electron chi connectivity index (χ3n) is 1.17. The highest BCUT2D eigenvalue weighted by Crippen LogP contribution is 2.40. The van der Waals surface area contributed by atoms with Crippen LogP contribution in [0.5, 0.6) is 0 Å². The number of thiophene rings is 1. The SMILES string of the molecule is CSc1sc(Cl)c(C)c1Cl. The summed E-state index contributed by atoms with van der Waals surface area (Å²) >= 11 is 14.9. The van der Waals surface area contributed by atoms with Gasteiger partial charge in [-0.3, -0.25) is 0 Å². The lowest BCUT2D eigenvalue weighted by molar-refractivity contribution is 1.51. The molecule has 1 aromatic heterocycles. The average molecular weight is 213 g/mol. The van der Waals surface area contributed by atoms with E-state index < -0.39 is 0 Å². The van der Waals surface area contributed by atoms with Crippen molar-refractivity contribution in [1.29, 1.82) is 0 Å². The first-order valence-electron chi connectivity index (χ1n) is 2.65. The van der Waals surface area contributed by atoms with Crippen molar-refractivity contribution >= 4 is 46.3 Å². The average Bonchev–Trinajstić information content (AvgIpc) is 2.17. The first kappa shape index (κ1) is 8.72. The highest BCUT2D eigenvalue weighted by Gasteiger charge is 2.09. The maximum Gasteiger partial charge on any atom is 0.0984 e. The molecule has 0 aliphatic carbocycles. The van der Waals surface area contributed by atoms with E-state index in [4.69, 9.17) is 23.2 Å². The molecular formula is C6H6Cl2S2. The van der Waals surface area contributed by atoms with Gasteiger partial charge in [0.25, 0.3) is 0 Å². The molecule has 1 rings (SSSR count). The molecule has 0 fully saturated rings. The zero-order valence-corrected chi connectivity index (χ0v) is 8.72. The third kappa shape index (κ3) is 1.45. The second-order valence-corrected chi connectivity index (χ2v) is 4.88. The fourth-order valence-electron chi connectivity index (χ4n) is 0.573. The fourth-order valence-corrected chi connectivity index (χ4v) is 3.16. The largest absolute Gasteiger partial charge is 0.117 e. The van der Waals surface area contributed by atoms with E-state index in [0.29, 0.717) is 0 Å². The molecule has 1 aromatic rings. The first-order chi connectivity index (χ1) is 4.66. The molecule has 0 saturated heterocycles. The second-order valence-electron chi connectivity index (χ2n) is 1.81. The lowest BCUT2D eigenvalue weighted by atomic mass is 10.4. The molecule has 0 saturated carbocycles. The standard InChI is InChI=1S/C6H6Cl2S2/c1-3-4(7)6(9-2)10-5(3)8/h1-2H3. The van der Waals surface area contributed by atoms with E-state index in [0.717, 1.165) is 19.1 Å². The predicted molar refractivity (Wildman–Crippen MR) is 50.9 cm³/mol. The Kier molecular flexibility index (Phi) is 2.92. The van der Waals surface area contributed by atoms with E-state index in [9.17, 15) is 0 Å². The maximum atomic E-state index is 5.92. The molecule has 0 bridgehead atoms. The van der Waals surface area contributed by atoms with Crippen LogP contribution in [-0.4, -0.2) is 6.26 Å². The van der Waals surface area contributed by atoms with E-state index in [1.807, 2.05) is 13.2 Å². The van der Waals surface area contributed by atoms with Gasteiger partial charge in [0.15, 0.2) is 0 Å². The highest BCUT2D eigenvalue weighted by molar-refractivity contribution is 8.00. The van der Waals surface area contributed by atoms with Gasteiger partial charge in [0.2, 0.25) is 0 Å². The van der Waals surface area contributed by atoms with Crippen LogP contribution in [-0.2, 0) is 0 Å². The molecule has 0 aliphatic rings. The van der Waals surface area contributed by atoms with Gasteiger partial charge in [-0.2, -0.15) is 0 Å². The summed E-state index contributed by atoms with van der Waals surface area (Å²) in [6, 6.07) is 0. The van der Waals surface area contributed by atoms with E-state index >= 15 is 0 Å². The van der Waals surface area contributed by atoms with Gasteiger partial charge in [0.1, 0.15) is 0 Å². The summed E-state index contributed by atoms with van der Waals surface area (Å²) < 4.78 is 1.90. The monoisotopic (exact) mass is 212 g/mol. The molecule has 0 aromatic carbocycles. The quantitative estimate of drug-likeness (QED) is 0.633. The Hall–Kier alpha value is 0.630. The smallest absolute Gasteiger partial charge is 0.0984 e. The lowest BCUT2D eigenvalue weighted by Gasteiger charge is -1.88. The summed E-state index contributed by atoms with van der Waals surface area (Å²) in [6.45, 7) is 1.93. The molecule has 0 aliphatic heterocycles. The molecule has 56 valence electrons. The van der Waals surface area contributed by atoms with Crippen molar-refractivity contribution in [2.75, 3.05) is 6.26 Å². The van der Waals surface area contributed by atoms with Gasteiger partial charge in [-0.05, 0) is 18.7 Å². The predicted octanol–water partition coefficient (Wildman–Crippen LogP) is 4.09. The van der Waals surface area contributed by atoms with Crippen molar-refractivity contribution in [3.8, 4) is 0 Å². The van der Waals surface area contributed by atoms with Crippen molar-refractivity contribution in [2.24, 2.45) is 0 Å². The molecule has 0 amide bonds. The minimum Gasteiger partial charge on any atom is -0.117 e. The summed E-state index contributed by atoms with van der Waals surface area (Å²) in [5, 5.41) is 0.808.